The van der Waals surface area contributed by atoms with E-state index in [-0.39, 0.29) is 11.0 Å². The lowest BCUT2D eigenvalue weighted by Crippen LogP contribution is -2.32. The van der Waals surface area contributed by atoms with Gasteiger partial charge in [0.25, 0.3) is 0 Å². The second kappa shape index (κ2) is 8.66. The maximum absolute atomic E-state index is 12.1. The molecule has 2 aromatic rings. The Morgan fingerprint density at radius 3 is 2.85 bits per heavy atom. The fraction of sp³-hybridized carbons (Fsp3) is 0.250. The minimum atomic E-state index is -0.337. The number of hydrogen-bond acceptors (Lipinski definition) is 4. The molecule has 1 aromatic carbocycles. The molecule has 0 spiro atoms. The van der Waals surface area contributed by atoms with E-state index < -0.39 is 0 Å². The number of anilines is 1. The average Bonchev–Trinajstić information content (AvgIpc) is 2.96. The Kier molecular flexibility index (Phi) is 6.27. The molecule has 27 heavy (non-hydrogen) atoms. The van der Waals surface area contributed by atoms with Gasteiger partial charge in [-0.25, -0.2) is 0 Å². The van der Waals surface area contributed by atoms with Crippen molar-refractivity contribution < 1.29 is 4.79 Å². The predicted octanol–water partition coefficient (Wildman–Crippen LogP) is 4.92. The van der Waals surface area contributed by atoms with E-state index in [9.17, 15) is 10.1 Å². The number of hydrogen-bond donors (Lipinski definition) is 2. The highest BCUT2D eigenvalue weighted by atomic mass is 35.5. The summed E-state index contributed by atoms with van der Waals surface area (Å²) in [6, 6.07) is 9.43. The largest absolute Gasteiger partial charge is 0.323 e. The number of benzene rings is 1. The van der Waals surface area contributed by atoms with Crippen LogP contribution in [0, 0.1) is 17.2 Å². The number of nitrogens with one attached hydrogen (secondary N) is 2. The molecule has 2 N–H and O–H groups in total. The van der Waals surface area contributed by atoms with Crippen molar-refractivity contribution in [2.45, 2.75) is 26.2 Å². The Labute approximate surface area is 172 Å². The Morgan fingerprint density at radius 1 is 1.41 bits per heavy atom. The fourth-order valence-electron chi connectivity index (χ4n) is 2.99. The number of thiophene rings is 1. The molecule has 4 nitrogen and oxygen atoms in total. The van der Waals surface area contributed by atoms with Gasteiger partial charge >= 0.3 is 0 Å². The van der Waals surface area contributed by atoms with Crippen molar-refractivity contribution in [2.75, 3.05) is 5.32 Å². The quantitative estimate of drug-likeness (QED) is 0.551. The maximum atomic E-state index is 12.1. The molecule has 7 heteroatoms. The summed E-state index contributed by atoms with van der Waals surface area (Å²) >= 11 is 12.6. The molecule has 1 aliphatic rings. The molecule has 3 rings (SSSR count). The van der Waals surface area contributed by atoms with Gasteiger partial charge < -0.3 is 5.32 Å². The summed E-state index contributed by atoms with van der Waals surface area (Å²) in [5.74, 6) is 0.288. The molecular formula is C20H18ClN3OS2. The number of carbonyl (C=O) groups is 1. The van der Waals surface area contributed by atoms with Crippen LogP contribution in [0.1, 0.15) is 34.9 Å². The molecule has 0 fully saturated rings. The van der Waals surface area contributed by atoms with Crippen LogP contribution in [-0.4, -0.2) is 11.0 Å². The van der Waals surface area contributed by atoms with Crippen molar-refractivity contribution in [3.05, 3.63) is 56.9 Å². The third-order valence-corrected chi connectivity index (χ3v) is 6.01. The molecule has 138 valence electrons. The third-order valence-electron chi connectivity index (χ3n) is 4.38. The zero-order valence-electron chi connectivity index (χ0n) is 14.7. The minimum absolute atomic E-state index is 0.184. The predicted molar refractivity (Wildman–Crippen MR) is 115 cm³/mol. The molecule has 1 amide bonds. The monoisotopic (exact) mass is 415 g/mol. The zero-order valence-corrected chi connectivity index (χ0v) is 17.1. The number of nitrogens with zero attached hydrogens (tertiary/aromatic N) is 1. The van der Waals surface area contributed by atoms with Gasteiger partial charge in [0.15, 0.2) is 5.11 Å². The van der Waals surface area contributed by atoms with E-state index in [2.05, 4.69) is 23.6 Å². The SMILES string of the molecule is C[C@H]1CCc2c(sc(NC(=S)NC(=O)/C=C/c3ccc(Cl)cc3)c2C#N)C1. The topological polar surface area (TPSA) is 64.9 Å². The van der Waals surface area contributed by atoms with Crippen LogP contribution in [0.4, 0.5) is 5.00 Å². The van der Waals surface area contributed by atoms with E-state index in [0.29, 0.717) is 21.5 Å². The second-order valence-corrected chi connectivity index (χ2v) is 8.45. The number of carbonyl (C=O) groups excluding carboxylic acids is 1. The number of fused-ring (bicyclic) bond motifs is 1. The van der Waals surface area contributed by atoms with E-state index in [1.807, 2.05) is 12.1 Å². The van der Waals surface area contributed by atoms with Crippen molar-refractivity contribution in [3.8, 4) is 6.07 Å². The molecule has 1 aliphatic carbocycles. The molecule has 0 saturated heterocycles. The molecule has 1 heterocycles. The molecule has 0 aliphatic heterocycles. The summed E-state index contributed by atoms with van der Waals surface area (Å²) in [7, 11) is 0. The Morgan fingerprint density at radius 2 is 2.15 bits per heavy atom. The molecule has 1 atom stereocenters. The Balaban J connectivity index is 1.63. The summed E-state index contributed by atoms with van der Waals surface area (Å²) in [5, 5.41) is 16.7. The number of halogens is 1. The van der Waals surface area contributed by atoms with Gasteiger partial charge in [-0.15, -0.1) is 11.3 Å². The summed E-state index contributed by atoms with van der Waals surface area (Å²) in [6.45, 7) is 2.22. The third kappa shape index (κ3) is 4.95. The van der Waals surface area contributed by atoms with Gasteiger partial charge in [0, 0.05) is 16.0 Å². The van der Waals surface area contributed by atoms with E-state index in [0.717, 1.165) is 30.4 Å². The first kappa shape index (κ1) is 19.6. The minimum Gasteiger partial charge on any atom is -0.323 e. The first-order valence-electron chi connectivity index (χ1n) is 8.56. The summed E-state index contributed by atoms with van der Waals surface area (Å²) in [6.07, 6.45) is 6.08. The standard InChI is InChI=1S/C20H18ClN3OS2/c1-12-2-8-15-16(11-22)19(27-17(15)10-12)24-20(26)23-18(25)9-5-13-3-6-14(21)7-4-13/h3-7,9,12H,2,8,10H2,1H3,(H2,23,24,25,26)/b9-5+/t12-/m0/s1. The van der Waals surface area contributed by atoms with Crippen LogP contribution in [0.5, 0.6) is 0 Å². The first-order valence-corrected chi connectivity index (χ1v) is 10.2. The van der Waals surface area contributed by atoms with Gasteiger partial charge in [0.05, 0.1) is 5.56 Å². The Bertz CT molecular complexity index is 941. The van der Waals surface area contributed by atoms with Gasteiger partial charge in [-0.2, -0.15) is 5.26 Å². The lowest BCUT2D eigenvalue weighted by Gasteiger charge is -2.17. The first-order chi connectivity index (χ1) is 13.0. The highest BCUT2D eigenvalue weighted by Gasteiger charge is 2.24. The van der Waals surface area contributed by atoms with Crippen molar-refractivity contribution in [2.24, 2.45) is 5.92 Å². The van der Waals surface area contributed by atoms with Crippen LogP contribution in [-0.2, 0) is 17.6 Å². The number of thiocarbonyl (C=S) groups is 1. The van der Waals surface area contributed by atoms with Gasteiger partial charge in [-0.3, -0.25) is 10.1 Å². The average molecular weight is 416 g/mol. The second-order valence-electron chi connectivity index (χ2n) is 6.50. The highest BCUT2D eigenvalue weighted by molar-refractivity contribution is 7.80. The smallest absolute Gasteiger partial charge is 0.250 e. The van der Waals surface area contributed by atoms with Crippen LogP contribution >= 0.6 is 35.2 Å². The molecule has 0 radical (unpaired) electrons. The molecule has 0 unspecified atom stereocenters. The lowest BCUT2D eigenvalue weighted by atomic mass is 9.89. The van der Waals surface area contributed by atoms with E-state index in [1.165, 1.54) is 11.0 Å². The fourth-order valence-corrected chi connectivity index (χ4v) is 4.75. The van der Waals surface area contributed by atoms with Crippen LogP contribution in [0.25, 0.3) is 6.08 Å². The van der Waals surface area contributed by atoms with Crippen molar-refractivity contribution in [1.29, 1.82) is 5.26 Å². The molecule has 0 saturated carbocycles. The summed E-state index contributed by atoms with van der Waals surface area (Å²) in [5.41, 5.74) is 2.63. The Hall–Kier alpha value is -2.20. The molecule has 1 aromatic heterocycles. The zero-order chi connectivity index (χ0) is 19.4. The lowest BCUT2D eigenvalue weighted by molar-refractivity contribution is -0.115. The van der Waals surface area contributed by atoms with Gasteiger partial charge in [0.1, 0.15) is 11.1 Å². The molecular weight excluding hydrogens is 398 g/mol. The van der Waals surface area contributed by atoms with E-state index in [1.54, 1.807) is 29.5 Å². The van der Waals surface area contributed by atoms with Crippen molar-refractivity contribution in [3.63, 3.8) is 0 Å². The number of rotatable bonds is 3. The van der Waals surface area contributed by atoms with Crippen LogP contribution in [0.15, 0.2) is 30.3 Å². The van der Waals surface area contributed by atoms with Crippen LogP contribution in [0.3, 0.4) is 0 Å². The van der Waals surface area contributed by atoms with Gasteiger partial charge in [-0.1, -0.05) is 30.7 Å². The van der Waals surface area contributed by atoms with E-state index >= 15 is 0 Å². The van der Waals surface area contributed by atoms with Crippen molar-refractivity contribution >= 4 is 57.3 Å². The van der Waals surface area contributed by atoms with Gasteiger partial charge in [-0.05, 0) is 66.7 Å². The summed E-state index contributed by atoms with van der Waals surface area (Å²) < 4.78 is 0. The van der Waals surface area contributed by atoms with Crippen LogP contribution in [0.2, 0.25) is 5.02 Å². The van der Waals surface area contributed by atoms with E-state index in [4.69, 9.17) is 23.8 Å². The normalized spacial score (nSPS) is 15.8. The van der Waals surface area contributed by atoms with Crippen molar-refractivity contribution in [1.82, 2.24) is 5.32 Å². The summed E-state index contributed by atoms with van der Waals surface area (Å²) in [4.78, 5) is 13.3. The number of amides is 1. The number of nitriles is 1. The molecule has 0 bridgehead atoms. The van der Waals surface area contributed by atoms with Crippen LogP contribution < -0.4 is 10.6 Å². The van der Waals surface area contributed by atoms with Gasteiger partial charge in [0.2, 0.25) is 5.91 Å². The maximum Gasteiger partial charge on any atom is 0.250 e. The highest BCUT2D eigenvalue weighted by Crippen LogP contribution is 2.39.